The number of carbonyl (C=O) groups is 1. The lowest BCUT2D eigenvalue weighted by Gasteiger charge is -2.17. The van der Waals surface area contributed by atoms with E-state index < -0.39 is 0 Å². The van der Waals surface area contributed by atoms with E-state index in [9.17, 15) is 4.79 Å². The van der Waals surface area contributed by atoms with Gasteiger partial charge in [-0.05, 0) is 12.5 Å². The van der Waals surface area contributed by atoms with E-state index in [2.05, 4.69) is 16.9 Å². The Morgan fingerprint density at radius 1 is 1.58 bits per heavy atom. The summed E-state index contributed by atoms with van der Waals surface area (Å²) in [5.41, 5.74) is 0.612. The van der Waals surface area contributed by atoms with Crippen LogP contribution in [0.1, 0.15) is 29.7 Å². The molecule has 0 saturated carbocycles. The van der Waals surface area contributed by atoms with Crippen LogP contribution in [-0.4, -0.2) is 32.4 Å². The molecule has 0 bridgehead atoms. The van der Waals surface area contributed by atoms with E-state index in [1.165, 1.54) is 0 Å². The van der Waals surface area contributed by atoms with Crippen molar-refractivity contribution in [3.63, 3.8) is 0 Å². The maximum absolute atomic E-state index is 12.4. The van der Waals surface area contributed by atoms with Gasteiger partial charge in [-0.25, -0.2) is 4.98 Å². The van der Waals surface area contributed by atoms with E-state index >= 15 is 0 Å². The summed E-state index contributed by atoms with van der Waals surface area (Å²) < 4.78 is 1.89. The summed E-state index contributed by atoms with van der Waals surface area (Å²) in [6.45, 7) is 3.29. The fraction of sp³-hybridized carbons (Fsp3) is 0.385. The minimum atomic E-state index is -0.0586. The summed E-state index contributed by atoms with van der Waals surface area (Å²) in [6.07, 6.45) is 6.15. The predicted octanol–water partition coefficient (Wildman–Crippen LogP) is 2.55. The predicted molar refractivity (Wildman–Crippen MR) is 74.1 cm³/mol. The van der Waals surface area contributed by atoms with E-state index in [0.717, 1.165) is 18.8 Å². The summed E-state index contributed by atoms with van der Waals surface area (Å²) in [5.74, 6) is 0.701. The van der Waals surface area contributed by atoms with Crippen LogP contribution in [0.5, 0.6) is 0 Å². The highest BCUT2D eigenvalue weighted by Crippen LogP contribution is 2.16. The molecule has 102 valence electrons. The van der Waals surface area contributed by atoms with Gasteiger partial charge in [-0.1, -0.05) is 18.5 Å². The Labute approximate surface area is 117 Å². The Kier molecular flexibility index (Phi) is 4.27. The zero-order valence-electron chi connectivity index (χ0n) is 11.1. The molecule has 0 aliphatic carbocycles. The molecule has 6 heteroatoms. The van der Waals surface area contributed by atoms with Gasteiger partial charge >= 0.3 is 0 Å². The van der Waals surface area contributed by atoms with Crippen molar-refractivity contribution in [2.75, 3.05) is 7.05 Å². The lowest BCUT2D eigenvalue weighted by Crippen LogP contribution is -2.28. The van der Waals surface area contributed by atoms with E-state index in [-0.39, 0.29) is 5.91 Å². The Bertz CT molecular complexity index is 547. The van der Waals surface area contributed by atoms with Gasteiger partial charge in [0.25, 0.3) is 5.91 Å². The van der Waals surface area contributed by atoms with Crippen molar-refractivity contribution in [2.24, 2.45) is 0 Å². The second-order valence-corrected chi connectivity index (χ2v) is 4.87. The number of imidazole rings is 1. The van der Waals surface area contributed by atoms with Crippen molar-refractivity contribution in [1.82, 2.24) is 19.4 Å². The van der Waals surface area contributed by atoms with Crippen molar-refractivity contribution in [3.8, 4) is 0 Å². The maximum atomic E-state index is 12.4. The summed E-state index contributed by atoms with van der Waals surface area (Å²) in [4.78, 5) is 21.1. The first-order valence-corrected chi connectivity index (χ1v) is 6.59. The highest BCUT2D eigenvalue weighted by Gasteiger charge is 2.17. The molecule has 0 saturated heterocycles. The molecular formula is C13H17ClN4O. The second-order valence-electron chi connectivity index (χ2n) is 4.43. The van der Waals surface area contributed by atoms with E-state index in [0.29, 0.717) is 17.3 Å². The number of nitrogens with zero attached hydrogens (tertiary/aromatic N) is 3. The molecule has 0 radical (unpaired) electrons. The molecule has 0 aliphatic heterocycles. The zero-order valence-corrected chi connectivity index (χ0v) is 11.8. The molecule has 0 spiro atoms. The molecule has 1 N–H and O–H groups in total. The summed E-state index contributed by atoms with van der Waals surface area (Å²) in [7, 11) is 1.75. The molecular weight excluding hydrogens is 264 g/mol. The van der Waals surface area contributed by atoms with E-state index in [4.69, 9.17) is 11.6 Å². The van der Waals surface area contributed by atoms with Crippen LogP contribution in [0, 0.1) is 0 Å². The Hall–Kier alpha value is -1.75. The van der Waals surface area contributed by atoms with E-state index in [1.807, 2.05) is 4.57 Å². The third-order valence-corrected chi connectivity index (χ3v) is 3.04. The lowest BCUT2D eigenvalue weighted by molar-refractivity contribution is 0.0771. The fourth-order valence-electron chi connectivity index (χ4n) is 1.96. The first kappa shape index (κ1) is 13.7. The van der Waals surface area contributed by atoms with Crippen LogP contribution in [0.3, 0.4) is 0 Å². The van der Waals surface area contributed by atoms with Gasteiger partial charge in [0.1, 0.15) is 11.5 Å². The number of hydrogen-bond donors (Lipinski definition) is 1. The molecule has 2 heterocycles. The molecule has 0 aliphatic rings. The number of halogens is 1. The monoisotopic (exact) mass is 280 g/mol. The number of aryl methyl sites for hydroxylation is 1. The van der Waals surface area contributed by atoms with Crippen LogP contribution in [0.2, 0.25) is 5.02 Å². The summed E-state index contributed by atoms with van der Waals surface area (Å²) in [6, 6.07) is 1.71. The first-order valence-electron chi connectivity index (χ1n) is 6.21. The lowest BCUT2D eigenvalue weighted by atomic mass is 10.3. The van der Waals surface area contributed by atoms with Crippen molar-refractivity contribution in [2.45, 2.75) is 26.4 Å². The number of H-pyrrole nitrogens is 1. The Morgan fingerprint density at radius 2 is 2.37 bits per heavy atom. The SMILES string of the molecule is CCCn1cc(Cl)cc1C(=O)N(C)Cc1ncc[nH]1. The van der Waals surface area contributed by atoms with Crippen LogP contribution in [0.15, 0.2) is 24.7 Å². The highest BCUT2D eigenvalue weighted by atomic mass is 35.5. The Balaban J connectivity index is 2.14. The molecule has 5 nitrogen and oxygen atoms in total. The van der Waals surface area contributed by atoms with Gasteiger partial charge in [0.05, 0.1) is 11.6 Å². The van der Waals surface area contributed by atoms with E-state index in [1.54, 1.807) is 36.6 Å². The molecule has 0 atom stereocenters. The third kappa shape index (κ3) is 3.17. The summed E-state index contributed by atoms with van der Waals surface area (Å²) in [5, 5.41) is 0.586. The van der Waals surface area contributed by atoms with Gasteiger partial charge in [-0.15, -0.1) is 0 Å². The Morgan fingerprint density at radius 3 is 3.00 bits per heavy atom. The van der Waals surface area contributed by atoms with Gasteiger partial charge in [0.15, 0.2) is 0 Å². The highest BCUT2D eigenvalue weighted by molar-refractivity contribution is 6.31. The van der Waals surface area contributed by atoms with Crippen molar-refractivity contribution >= 4 is 17.5 Å². The van der Waals surface area contributed by atoms with Crippen LogP contribution < -0.4 is 0 Å². The molecule has 2 aromatic heterocycles. The molecule has 1 amide bonds. The van der Waals surface area contributed by atoms with Crippen molar-refractivity contribution in [1.29, 1.82) is 0 Å². The molecule has 0 unspecified atom stereocenters. The molecule has 2 rings (SSSR count). The first-order chi connectivity index (χ1) is 9.11. The average molecular weight is 281 g/mol. The molecule has 19 heavy (non-hydrogen) atoms. The minimum Gasteiger partial charge on any atom is -0.347 e. The van der Waals surface area contributed by atoms with Gasteiger partial charge in [-0.3, -0.25) is 4.79 Å². The normalized spacial score (nSPS) is 10.7. The number of aromatic amines is 1. The van der Waals surface area contributed by atoms with Gasteiger partial charge in [0.2, 0.25) is 0 Å². The molecule has 0 fully saturated rings. The van der Waals surface area contributed by atoms with Crippen LogP contribution in [0.4, 0.5) is 0 Å². The van der Waals surface area contributed by atoms with Gasteiger partial charge in [0, 0.05) is 32.2 Å². The van der Waals surface area contributed by atoms with Crippen LogP contribution in [0.25, 0.3) is 0 Å². The van der Waals surface area contributed by atoms with Crippen molar-refractivity contribution in [3.05, 3.63) is 41.2 Å². The minimum absolute atomic E-state index is 0.0586. The zero-order chi connectivity index (χ0) is 13.8. The quantitative estimate of drug-likeness (QED) is 0.915. The van der Waals surface area contributed by atoms with Gasteiger partial charge in [-0.2, -0.15) is 0 Å². The number of hydrogen-bond acceptors (Lipinski definition) is 2. The number of amides is 1. The van der Waals surface area contributed by atoms with Gasteiger partial charge < -0.3 is 14.5 Å². The summed E-state index contributed by atoms with van der Waals surface area (Å²) >= 11 is 5.98. The number of rotatable bonds is 5. The maximum Gasteiger partial charge on any atom is 0.270 e. The van der Waals surface area contributed by atoms with Crippen molar-refractivity contribution < 1.29 is 4.79 Å². The number of nitrogens with one attached hydrogen (secondary N) is 1. The van der Waals surface area contributed by atoms with Crippen LogP contribution in [-0.2, 0) is 13.1 Å². The number of aromatic nitrogens is 3. The molecule has 2 aromatic rings. The molecule has 0 aromatic carbocycles. The van der Waals surface area contributed by atoms with Crippen LogP contribution >= 0.6 is 11.6 Å². The standard InChI is InChI=1S/C13H17ClN4O/c1-3-6-18-8-10(14)7-11(18)13(19)17(2)9-12-15-4-5-16-12/h4-5,7-8H,3,6,9H2,1-2H3,(H,15,16). The third-order valence-electron chi connectivity index (χ3n) is 2.84. The fourth-order valence-corrected chi connectivity index (χ4v) is 2.18. The second kappa shape index (κ2) is 5.93. The number of carbonyl (C=O) groups excluding carboxylic acids is 1. The average Bonchev–Trinajstić information content (AvgIpc) is 2.98. The smallest absolute Gasteiger partial charge is 0.270 e. The topological polar surface area (TPSA) is 53.9 Å². The largest absolute Gasteiger partial charge is 0.347 e.